The number of piperazine rings is 1. The number of nitrogens with zero attached hydrogens (tertiary/aromatic N) is 4. The molecule has 0 aliphatic carbocycles. The summed E-state index contributed by atoms with van der Waals surface area (Å²) in [5.74, 6) is -1.06. The van der Waals surface area contributed by atoms with Crippen LogP contribution in [-0.4, -0.2) is 54.3 Å². The number of carbonyl (C=O) groups is 1. The lowest BCUT2D eigenvalue weighted by Crippen LogP contribution is -2.48. The van der Waals surface area contributed by atoms with Crippen LogP contribution < -0.4 is 9.64 Å². The highest BCUT2D eigenvalue weighted by atomic mass is 19.4. The van der Waals surface area contributed by atoms with Crippen molar-refractivity contribution in [3.63, 3.8) is 0 Å². The highest BCUT2D eigenvalue weighted by Crippen LogP contribution is 2.44. The first-order valence-corrected chi connectivity index (χ1v) is 10.1. The molecule has 0 spiro atoms. The number of anilines is 1. The molecule has 1 fully saturated rings. The van der Waals surface area contributed by atoms with Crippen molar-refractivity contribution in [2.75, 3.05) is 38.2 Å². The van der Waals surface area contributed by atoms with Gasteiger partial charge in [0.1, 0.15) is 11.6 Å². The van der Waals surface area contributed by atoms with Crippen LogP contribution >= 0.6 is 0 Å². The Bertz CT molecular complexity index is 1220. The number of hydrogen-bond acceptors (Lipinski definition) is 5. The van der Waals surface area contributed by atoms with Crippen molar-refractivity contribution in [3.05, 3.63) is 60.6 Å². The van der Waals surface area contributed by atoms with Gasteiger partial charge in [-0.15, -0.1) is 0 Å². The monoisotopic (exact) mass is 460 g/mol. The van der Waals surface area contributed by atoms with Crippen LogP contribution in [0.2, 0.25) is 0 Å². The number of halogens is 4. The molecular weight excluding hydrogens is 440 g/mol. The molecule has 33 heavy (non-hydrogen) atoms. The molecule has 0 atom stereocenters. The van der Waals surface area contributed by atoms with Crippen LogP contribution in [0, 0.1) is 5.82 Å². The molecule has 1 amide bonds. The molecule has 0 unspecified atom stereocenters. The Morgan fingerprint density at radius 2 is 1.91 bits per heavy atom. The van der Waals surface area contributed by atoms with Gasteiger partial charge in [0.05, 0.1) is 35.6 Å². The van der Waals surface area contributed by atoms with Crippen molar-refractivity contribution in [2.24, 2.45) is 0 Å². The Morgan fingerprint density at radius 1 is 1.18 bits per heavy atom. The molecule has 1 aliphatic heterocycles. The second-order valence-corrected chi connectivity index (χ2v) is 7.48. The van der Waals surface area contributed by atoms with Gasteiger partial charge in [0, 0.05) is 37.1 Å². The molecule has 172 valence electrons. The maximum Gasteiger partial charge on any atom is 0.417 e. The van der Waals surface area contributed by atoms with E-state index in [1.807, 2.05) is 4.90 Å². The van der Waals surface area contributed by atoms with Gasteiger partial charge in [-0.2, -0.15) is 23.4 Å². The van der Waals surface area contributed by atoms with E-state index in [0.717, 1.165) is 12.1 Å². The lowest BCUT2D eigenvalue weighted by atomic mass is 9.95. The first-order chi connectivity index (χ1) is 15.7. The van der Waals surface area contributed by atoms with Gasteiger partial charge < -0.3 is 14.5 Å². The topological polar surface area (TPSA) is 58.6 Å². The van der Waals surface area contributed by atoms with Gasteiger partial charge in [0.25, 0.3) is 0 Å². The summed E-state index contributed by atoms with van der Waals surface area (Å²) >= 11 is 0. The summed E-state index contributed by atoms with van der Waals surface area (Å²) in [4.78, 5) is 15.3. The Kier molecular flexibility index (Phi) is 5.92. The molecule has 0 bridgehead atoms. The highest BCUT2D eigenvalue weighted by Gasteiger charge is 2.36. The Labute approximate surface area is 187 Å². The third-order valence-corrected chi connectivity index (χ3v) is 5.63. The van der Waals surface area contributed by atoms with Crippen molar-refractivity contribution >= 4 is 22.5 Å². The number of ether oxygens (including phenoxy) is 1. The van der Waals surface area contributed by atoms with Crippen molar-refractivity contribution < 1.29 is 27.1 Å². The summed E-state index contributed by atoms with van der Waals surface area (Å²) in [6.45, 7) is 5.08. The van der Waals surface area contributed by atoms with Crippen molar-refractivity contribution in [1.82, 2.24) is 15.1 Å². The summed E-state index contributed by atoms with van der Waals surface area (Å²) in [5, 5.41) is 8.19. The van der Waals surface area contributed by atoms with Crippen LogP contribution in [0.1, 0.15) is 5.56 Å². The van der Waals surface area contributed by atoms with E-state index in [-0.39, 0.29) is 33.7 Å². The first-order valence-electron chi connectivity index (χ1n) is 10.1. The van der Waals surface area contributed by atoms with E-state index in [4.69, 9.17) is 4.74 Å². The largest absolute Gasteiger partial charge is 0.496 e. The zero-order valence-corrected chi connectivity index (χ0v) is 17.7. The highest BCUT2D eigenvalue weighted by molar-refractivity contribution is 5.96. The molecular formula is C23H20F4N4O2. The van der Waals surface area contributed by atoms with E-state index in [1.165, 1.54) is 37.6 Å². The second-order valence-electron chi connectivity index (χ2n) is 7.48. The Morgan fingerprint density at radius 3 is 2.55 bits per heavy atom. The van der Waals surface area contributed by atoms with E-state index in [0.29, 0.717) is 31.9 Å². The standard InChI is InChI=1S/C23H20F4N4O2/c1-3-21(32)31-9-7-30(8-10-31)19-13-28-29-18-12-14(16(11-15(18)19)23(25,26)27)22-17(24)5-4-6-20(22)33-2/h3-6,11-13H,1,7-10H2,2H3. The molecule has 0 saturated carbocycles. The lowest BCUT2D eigenvalue weighted by molar-refractivity contribution is -0.137. The zero-order valence-electron chi connectivity index (χ0n) is 17.7. The van der Waals surface area contributed by atoms with Gasteiger partial charge in [0.15, 0.2) is 0 Å². The van der Waals surface area contributed by atoms with Crippen LogP contribution in [0.5, 0.6) is 5.75 Å². The average molecular weight is 460 g/mol. The minimum absolute atomic E-state index is 0.0213. The van der Waals surface area contributed by atoms with E-state index in [9.17, 15) is 22.4 Å². The van der Waals surface area contributed by atoms with E-state index in [1.54, 1.807) is 4.90 Å². The van der Waals surface area contributed by atoms with Gasteiger partial charge in [-0.25, -0.2) is 4.39 Å². The van der Waals surface area contributed by atoms with E-state index < -0.39 is 17.6 Å². The maximum atomic E-state index is 14.7. The van der Waals surface area contributed by atoms with Crippen LogP contribution in [-0.2, 0) is 11.0 Å². The molecule has 2 aromatic carbocycles. The first kappa shape index (κ1) is 22.5. The van der Waals surface area contributed by atoms with Gasteiger partial charge in [-0.1, -0.05) is 12.6 Å². The molecule has 1 saturated heterocycles. The third-order valence-electron chi connectivity index (χ3n) is 5.63. The number of alkyl halides is 3. The fraction of sp³-hybridized carbons (Fsp3) is 0.261. The Balaban J connectivity index is 1.85. The second kappa shape index (κ2) is 8.68. The number of methoxy groups -OCH3 is 1. The van der Waals surface area contributed by atoms with Gasteiger partial charge in [-0.3, -0.25) is 4.79 Å². The molecule has 3 aromatic rings. The summed E-state index contributed by atoms with van der Waals surface area (Å²) in [6, 6.07) is 6.00. The van der Waals surface area contributed by atoms with Crippen LogP contribution in [0.4, 0.5) is 23.2 Å². The fourth-order valence-electron chi connectivity index (χ4n) is 4.02. The molecule has 4 rings (SSSR count). The molecule has 1 aromatic heterocycles. The summed E-state index contributed by atoms with van der Waals surface area (Å²) < 4.78 is 62.1. The van der Waals surface area contributed by atoms with Crippen molar-refractivity contribution in [1.29, 1.82) is 0 Å². The smallest absolute Gasteiger partial charge is 0.417 e. The van der Waals surface area contributed by atoms with Gasteiger partial charge >= 0.3 is 6.18 Å². The number of carbonyl (C=O) groups excluding carboxylic acids is 1. The number of rotatable bonds is 4. The number of fused-ring (bicyclic) bond motifs is 1. The quantitative estimate of drug-likeness (QED) is 0.429. The van der Waals surface area contributed by atoms with Crippen LogP contribution in [0.3, 0.4) is 0 Å². The number of amides is 1. The normalized spacial score (nSPS) is 14.5. The average Bonchev–Trinajstić information content (AvgIpc) is 2.81. The van der Waals surface area contributed by atoms with Crippen LogP contribution in [0.25, 0.3) is 22.0 Å². The minimum Gasteiger partial charge on any atom is -0.496 e. The van der Waals surface area contributed by atoms with Gasteiger partial charge in [0.2, 0.25) is 5.91 Å². The molecule has 6 nitrogen and oxygen atoms in total. The zero-order chi connectivity index (χ0) is 23.8. The molecule has 2 heterocycles. The maximum absolute atomic E-state index is 14.7. The van der Waals surface area contributed by atoms with E-state index >= 15 is 0 Å². The number of aromatic nitrogens is 2. The van der Waals surface area contributed by atoms with Gasteiger partial charge in [-0.05, 0) is 30.3 Å². The molecule has 0 radical (unpaired) electrons. The Hall–Kier alpha value is -3.69. The van der Waals surface area contributed by atoms with Crippen molar-refractivity contribution in [2.45, 2.75) is 6.18 Å². The summed E-state index contributed by atoms with van der Waals surface area (Å²) in [5.41, 5.74) is -1.03. The lowest BCUT2D eigenvalue weighted by Gasteiger charge is -2.36. The fourth-order valence-corrected chi connectivity index (χ4v) is 4.02. The SMILES string of the molecule is C=CC(=O)N1CCN(c2cnnc3cc(-c4c(F)cccc4OC)c(C(F)(F)F)cc23)CC1. The molecule has 1 aliphatic rings. The van der Waals surface area contributed by atoms with Crippen molar-refractivity contribution in [3.8, 4) is 16.9 Å². The van der Waals surface area contributed by atoms with E-state index in [2.05, 4.69) is 16.8 Å². The molecule has 0 N–H and O–H groups in total. The third kappa shape index (κ3) is 4.20. The minimum atomic E-state index is -4.76. The predicted octanol–water partition coefficient (Wildman–Crippen LogP) is 4.30. The molecule has 10 heteroatoms. The number of benzene rings is 2. The summed E-state index contributed by atoms with van der Waals surface area (Å²) in [6.07, 6.45) is -2.13. The van der Waals surface area contributed by atoms with Crippen LogP contribution in [0.15, 0.2) is 49.2 Å². The number of hydrogen-bond donors (Lipinski definition) is 0. The predicted molar refractivity (Wildman–Crippen MR) is 115 cm³/mol. The summed E-state index contributed by atoms with van der Waals surface area (Å²) in [7, 11) is 1.27.